The van der Waals surface area contributed by atoms with Crippen molar-refractivity contribution < 1.29 is 9.53 Å². The molecule has 0 bridgehead atoms. The van der Waals surface area contributed by atoms with Gasteiger partial charge in [0.25, 0.3) is 5.91 Å². The van der Waals surface area contributed by atoms with Crippen molar-refractivity contribution in [3.8, 4) is 5.75 Å². The van der Waals surface area contributed by atoms with Gasteiger partial charge >= 0.3 is 0 Å². The number of carbonyl (C=O) groups excluding carboxylic acids is 1. The van der Waals surface area contributed by atoms with Gasteiger partial charge in [-0.3, -0.25) is 10.1 Å². The molecule has 2 aromatic heterocycles. The predicted octanol–water partition coefficient (Wildman–Crippen LogP) is 3.59. The van der Waals surface area contributed by atoms with Crippen molar-refractivity contribution >= 4 is 34.0 Å². The van der Waals surface area contributed by atoms with Gasteiger partial charge in [0.15, 0.2) is 17.6 Å². The van der Waals surface area contributed by atoms with Crippen LogP contribution < -0.4 is 10.1 Å². The first-order valence-corrected chi connectivity index (χ1v) is 8.01. The van der Waals surface area contributed by atoms with E-state index in [-0.39, 0.29) is 12.6 Å². The van der Waals surface area contributed by atoms with Crippen molar-refractivity contribution in [1.82, 2.24) is 14.8 Å². The number of halogens is 1. The van der Waals surface area contributed by atoms with Crippen LogP contribution in [0.1, 0.15) is 16.2 Å². The van der Waals surface area contributed by atoms with Crippen molar-refractivity contribution in [3.63, 3.8) is 0 Å². The zero-order chi connectivity index (χ0) is 16.2. The number of nitrogens with one attached hydrogen (secondary N) is 1. The Balaban J connectivity index is 1.59. The van der Waals surface area contributed by atoms with Gasteiger partial charge in [0.05, 0.1) is 5.69 Å². The van der Waals surface area contributed by atoms with E-state index in [1.165, 1.54) is 16.0 Å². The highest BCUT2D eigenvalue weighted by atomic mass is 35.5. The third kappa shape index (κ3) is 4.08. The molecule has 0 aliphatic carbocycles. The highest BCUT2D eigenvalue weighted by molar-refractivity contribution is 7.13. The van der Waals surface area contributed by atoms with Crippen LogP contribution in [0.4, 0.5) is 5.13 Å². The van der Waals surface area contributed by atoms with E-state index in [0.717, 1.165) is 5.69 Å². The van der Waals surface area contributed by atoms with Crippen LogP contribution in [-0.2, 0) is 6.73 Å². The Morgan fingerprint density at radius 1 is 1.35 bits per heavy atom. The summed E-state index contributed by atoms with van der Waals surface area (Å²) >= 11 is 7.19. The molecule has 8 heteroatoms. The highest BCUT2D eigenvalue weighted by Gasteiger charge is 2.11. The van der Waals surface area contributed by atoms with Crippen LogP contribution in [0.2, 0.25) is 5.02 Å². The molecule has 23 heavy (non-hydrogen) atoms. The fourth-order valence-corrected chi connectivity index (χ4v) is 2.61. The number of thiazole rings is 1. The maximum Gasteiger partial charge on any atom is 0.277 e. The summed E-state index contributed by atoms with van der Waals surface area (Å²) in [7, 11) is 0. The second-order valence-corrected chi connectivity index (χ2v) is 6.01. The molecule has 1 aromatic carbocycles. The Labute approximate surface area is 141 Å². The third-order valence-corrected chi connectivity index (χ3v) is 4.02. The number of hydrogen-bond acceptors (Lipinski definition) is 5. The van der Waals surface area contributed by atoms with E-state index in [1.807, 2.05) is 12.3 Å². The van der Waals surface area contributed by atoms with Crippen LogP contribution in [0.5, 0.6) is 5.75 Å². The molecule has 118 valence electrons. The third-order valence-electron chi connectivity index (χ3n) is 2.89. The zero-order valence-electron chi connectivity index (χ0n) is 12.2. The minimum Gasteiger partial charge on any atom is -0.471 e. The Morgan fingerprint density at radius 2 is 2.13 bits per heavy atom. The van der Waals surface area contributed by atoms with E-state index in [2.05, 4.69) is 15.4 Å². The first-order valence-electron chi connectivity index (χ1n) is 6.75. The molecular formula is C15H13ClN4O2S. The highest BCUT2D eigenvalue weighted by Crippen LogP contribution is 2.16. The molecule has 1 amide bonds. The molecule has 6 nitrogen and oxygen atoms in total. The standard InChI is InChI=1S/C15H13ClN4O2S/c1-10-8-23-15(17-10)18-14(21)13-6-7-20(19-13)9-22-12-4-2-11(16)3-5-12/h2-8H,9H2,1H3,(H,17,18,21). The first-order chi connectivity index (χ1) is 11.1. The fourth-order valence-electron chi connectivity index (χ4n) is 1.80. The summed E-state index contributed by atoms with van der Waals surface area (Å²) in [6.45, 7) is 2.07. The van der Waals surface area contributed by atoms with E-state index >= 15 is 0 Å². The summed E-state index contributed by atoms with van der Waals surface area (Å²) in [5.74, 6) is 0.374. The number of benzene rings is 1. The number of amides is 1. The second kappa shape index (κ2) is 6.80. The SMILES string of the molecule is Cc1csc(NC(=O)c2ccn(COc3ccc(Cl)cc3)n2)n1. The van der Waals surface area contributed by atoms with Crippen LogP contribution in [0, 0.1) is 6.92 Å². The normalized spacial score (nSPS) is 10.5. The summed E-state index contributed by atoms with van der Waals surface area (Å²) in [4.78, 5) is 16.3. The molecule has 0 unspecified atom stereocenters. The molecule has 0 radical (unpaired) electrons. The van der Waals surface area contributed by atoms with Gasteiger partial charge in [-0.15, -0.1) is 11.3 Å². The monoisotopic (exact) mass is 348 g/mol. The number of nitrogens with zero attached hydrogens (tertiary/aromatic N) is 3. The average molecular weight is 349 g/mol. The number of anilines is 1. The molecule has 0 atom stereocenters. The molecule has 0 fully saturated rings. The summed E-state index contributed by atoms with van der Waals surface area (Å²) in [6.07, 6.45) is 1.68. The van der Waals surface area contributed by atoms with E-state index in [9.17, 15) is 4.79 Å². The van der Waals surface area contributed by atoms with Crippen LogP contribution in [0.15, 0.2) is 41.9 Å². The van der Waals surface area contributed by atoms with Gasteiger partial charge in [-0.1, -0.05) is 11.6 Å². The minimum atomic E-state index is -0.301. The quantitative estimate of drug-likeness (QED) is 0.765. The number of carbonyl (C=O) groups is 1. The van der Waals surface area contributed by atoms with Crippen molar-refractivity contribution in [1.29, 1.82) is 0 Å². The second-order valence-electron chi connectivity index (χ2n) is 4.72. The lowest BCUT2D eigenvalue weighted by atomic mass is 10.3. The topological polar surface area (TPSA) is 69.0 Å². The van der Waals surface area contributed by atoms with Crippen molar-refractivity contribution in [2.75, 3.05) is 5.32 Å². The van der Waals surface area contributed by atoms with Gasteiger partial charge in [0, 0.05) is 16.6 Å². The fraction of sp³-hybridized carbons (Fsp3) is 0.133. The van der Waals surface area contributed by atoms with Gasteiger partial charge in [-0.05, 0) is 37.3 Å². The summed E-state index contributed by atoms with van der Waals surface area (Å²) in [5.41, 5.74) is 1.17. The van der Waals surface area contributed by atoms with E-state index in [1.54, 1.807) is 36.5 Å². The Kier molecular flexibility index (Phi) is 4.59. The van der Waals surface area contributed by atoms with Crippen LogP contribution in [0.3, 0.4) is 0 Å². The number of rotatable bonds is 5. The lowest BCUT2D eigenvalue weighted by molar-refractivity contribution is 0.102. The Hall–Kier alpha value is -2.38. The van der Waals surface area contributed by atoms with Crippen LogP contribution >= 0.6 is 22.9 Å². The average Bonchev–Trinajstić information content (AvgIpc) is 3.16. The number of aryl methyl sites for hydroxylation is 1. The van der Waals surface area contributed by atoms with Gasteiger partial charge in [-0.25, -0.2) is 9.67 Å². The number of aromatic nitrogens is 3. The van der Waals surface area contributed by atoms with Gasteiger partial charge in [0.2, 0.25) is 0 Å². The molecule has 0 saturated heterocycles. The lowest BCUT2D eigenvalue weighted by Crippen LogP contribution is -2.14. The summed E-state index contributed by atoms with van der Waals surface area (Å²) in [6, 6.07) is 8.65. The Bertz CT molecular complexity index is 813. The first kappa shape index (κ1) is 15.5. The van der Waals surface area contributed by atoms with Crippen molar-refractivity contribution in [2.45, 2.75) is 13.7 Å². The minimum absolute atomic E-state index is 0.200. The smallest absolute Gasteiger partial charge is 0.277 e. The largest absolute Gasteiger partial charge is 0.471 e. The van der Waals surface area contributed by atoms with Gasteiger partial charge in [0.1, 0.15) is 5.75 Å². The molecule has 3 aromatic rings. The van der Waals surface area contributed by atoms with E-state index in [0.29, 0.717) is 21.6 Å². The molecule has 1 N–H and O–H groups in total. The van der Waals surface area contributed by atoms with Gasteiger partial charge in [-0.2, -0.15) is 5.10 Å². The number of ether oxygens (including phenoxy) is 1. The number of hydrogen-bond donors (Lipinski definition) is 1. The van der Waals surface area contributed by atoms with Crippen LogP contribution in [0.25, 0.3) is 0 Å². The Morgan fingerprint density at radius 3 is 2.83 bits per heavy atom. The zero-order valence-corrected chi connectivity index (χ0v) is 13.8. The molecule has 3 rings (SSSR count). The van der Waals surface area contributed by atoms with Crippen molar-refractivity contribution in [3.05, 3.63) is 58.3 Å². The molecular weight excluding hydrogens is 336 g/mol. The maximum atomic E-state index is 12.1. The molecule has 0 aliphatic rings. The molecule has 0 saturated carbocycles. The summed E-state index contributed by atoms with van der Waals surface area (Å²) < 4.78 is 7.10. The van der Waals surface area contributed by atoms with Crippen LogP contribution in [-0.4, -0.2) is 20.7 Å². The molecule has 0 spiro atoms. The van der Waals surface area contributed by atoms with Crippen molar-refractivity contribution in [2.24, 2.45) is 0 Å². The van der Waals surface area contributed by atoms with E-state index < -0.39 is 0 Å². The maximum absolute atomic E-state index is 12.1. The van der Waals surface area contributed by atoms with E-state index in [4.69, 9.17) is 16.3 Å². The molecule has 2 heterocycles. The summed E-state index contributed by atoms with van der Waals surface area (Å²) in [5, 5.41) is 9.96. The lowest BCUT2D eigenvalue weighted by Gasteiger charge is -2.05. The predicted molar refractivity (Wildman–Crippen MR) is 89.1 cm³/mol. The molecule has 0 aliphatic heterocycles. The van der Waals surface area contributed by atoms with Gasteiger partial charge < -0.3 is 4.74 Å².